The van der Waals surface area contributed by atoms with Crippen LogP contribution in [0.2, 0.25) is 0 Å². The Kier molecular flexibility index (Phi) is 3.07. The van der Waals surface area contributed by atoms with Gasteiger partial charge in [-0.2, -0.15) is 0 Å². The average molecular weight is 219 g/mol. The normalized spacial score (nSPS) is 10.3. The number of imidazole rings is 1. The van der Waals surface area contributed by atoms with Crippen molar-refractivity contribution >= 4 is 0 Å². The van der Waals surface area contributed by atoms with Gasteiger partial charge < -0.3 is 15.5 Å². The number of aromatic amines is 1. The maximum Gasteiger partial charge on any atom is 0.330 e. The topological polar surface area (TPSA) is 73.0 Å². The molecule has 2 aromatic rings. The minimum absolute atomic E-state index is 0.170. The Bertz CT molecular complexity index is 516. The van der Waals surface area contributed by atoms with Gasteiger partial charge in [0.2, 0.25) is 0 Å². The fourth-order valence-corrected chi connectivity index (χ4v) is 1.42. The smallest absolute Gasteiger partial charge is 0.330 e. The molecule has 0 bridgehead atoms. The van der Waals surface area contributed by atoms with E-state index in [-0.39, 0.29) is 5.69 Å². The fraction of sp³-hybridized carbons (Fsp3) is 0.182. The maximum atomic E-state index is 11.4. The SMILES string of the molecule is NCCOc1cccc(-n2cc[nH]c2=O)c1. The van der Waals surface area contributed by atoms with Crippen LogP contribution < -0.4 is 16.2 Å². The lowest BCUT2D eigenvalue weighted by Gasteiger charge is -2.06. The minimum atomic E-state index is -0.170. The van der Waals surface area contributed by atoms with Gasteiger partial charge in [-0.25, -0.2) is 4.79 Å². The molecule has 0 amide bonds. The zero-order valence-corrected chi connectivity index (χ0v) is 8.72. The van der Waals surface area contributed by atoms with E-state index in [0.717, 1.165) is 5.69 Å². The number of H-pyrrole nitrogens is 1. The van der Waals surface area contributed by atoms with E-state index >= 15 is 0 Å². The van der Waals surface area contributed by atoms with Gasteiger partial charge >= 0.3 is 5.69 Å². The van der Waals surface area contributed by atoms with Crippen molar-refractivity contribution in [2.75, 3.05) is 13.2 Å². The number of hydrogen-bond donors (Lipinski definition) is 2. The van der Waals surface area contributed by atoms with Gasteiger partial charge in [-0.1, -0.05) is 6.07 Å². The van der Waals surface area contributed by atoms with Gasteiger partial charge in [0.25, 0.3) is 0 Å². The summed E-state index contributed by atoms with van der Waals surface area (Å²) in [5.41, 5.74) is 5.94. The second-order valence-electron chi connectivity index (χ2n) is 3.27. The molecular weight excluding hydrogens is 206 g/mol. The molecule has 0 aliphatic carbocycles. The van der Waals surface area contributed by atoms with Gasteiger partial charge in [-0.05, 0) is 12.1 Å². The van der Waals surface area contributed by atoms with E-state index in [9.17, 15) is 4.79 Å². The quantitative estimate of drug-likeness (QED) is 0.786. The zero-order chi connectivity index (χ0) is 11.4. The minimum Gasteiger partial charge on any atom is -0.492 e. The molecule has 84 valence electrons. The third-order valence-corrected chi connectivity index (χ3v) is 2.13. The summed E-state index contributed by atoms with van der Waals surface area (Å²) in [5.74, 6) is 0.705. The number of benzene rings is 1. The van der Waals surface area contributed by atoms with Crippen molar-refractivity contribution in [2.24, 2.45) is 5.73 Å². The molecule has 0 atom stereocenters. The summed E-state index contributed by atoms with van der Waals surface area (Å²) < 4.78 is 6.89. The van der Waals surface area contributed by atoms with E-state index in [0.29, 0.717) is 18.9 Å². The van der Waals surface area contributed by atoms with Crippen LogP contribution >= 0.6 is 0 Å². The first-order chi connectivity index (χ1) is 7.81. The first kappa shape index (κ1) is 10.5. The second-order valence-corrected chi connectivity index (χ2v) is 3.27. The second kappa shape index (κ2) is 4.67. The monoisotopic (exact) mass is 219 g/mol. The highest BCUT2D eigenvalue weighted by Crippen LogP contribution is 2.15. The van der Waals surface area contributed by atoms with Crippen LogP contribution in [0.5, 0.6) is 5.75 Å². The molecule has 16 heavy (non-hydrogen) atoms. The molecular formula is C11H13N3O2. The summed E-state index contributed by atoms with van der Waals surface area (Å²) in [6, 6.07) is 7.30. The molecule has 0 unspecified atom stereocenters. The van der Waals surface area contributed by atoms with Crippen LogP contribution in [0.25, 0.3) is 5.69 Å². The number of ether oxygens (including phenoxy) is 1. The Hall–Kier alpha value is -2.01. The lowest BCUT2D eigenvalue weighted by molar-refractivity contribution is 0.328. The summed E-state index contributed by atoms with van der Waals surface area (Å²) in [6.07, 6.45) is 3.26. The molecule has 0 saturated heterocycles. The first-order valence-corrected chi connectivity index (χ1v) is 5.00. The Morgan fingerprint density at radius 1 is 1.44 bits per heavy atom. The highest BCUT2D eigenvalue weighted by atomic mass is 16.5. The number of nitrogens with one attached hydrogen (secondary N) is 1. The summed E-state index contributed by atoms with van der Waals surface area (Å²) in [5, 5.41) is 0. The van der Waals surface area contributed by atoms with Crippen molar-refractivity contribution in [3.05, 3.63) is 47.1 Å². The van der Waals surface area contributed by atoms with Crippen molar-refractivity contribution in [3.8, 4) is 11.4 Å². The van der Waals surface area contributed by atoms with Crippen LogP contribution in [-0.2, 0) is 0 Å². The van der Waals surface area contributed by atoms with Gasteiger partial charge in [0.05, 0.1) is 5.69 Å². The van der Waals surface area contributed by atoms with Crippen LogP contribution in [0.15, 0.2) is 41.5 Å². The molecule has 0 aliphatic heterocycles. The molecule has 0 saturated carbocycles. The van der Waals surface area contributed by atoms with Gasteiger partial charge in [0.1, 0.15) is 12.4 Å². The Balaban J connectivity index is 2.29. The van der Waals surface area contributed by atoms with Gasteiger partial charge in [0, 0.05) is 25.0 Å². The Labute approximate surface area is 92.5 Å². The van der Waals surface area contributed by atoms with E-state index in [2.05, 4.69) is 4.98 Å². The molecule has 0 fully saturated rings. The van der Waals surface area contributed by atoms with Crippen molar-refractivity contribution in [1.29, 1.82) is 0 Å². The molecule has 5 nitrogen and oxygen atoms in total. The predicted octanol–water partition coefficient (Wildman–Crippen LogP) is 0.503. The molecule has 1 aromatic carbocycles. The molecule has 2 rings (SSSR count). The standard InChI is InChI=1S/C11H13N3O2/c12-4-7-16-10-3-1-2-9(8-10)14-6-5-13-11(14)15/h1-3,5-6,8H,4,7,12H2,(H,13,15). The molecule has 1 heterocycles. The van der Waals surface area contributed by atoms with E-state index in [1.54, 1.807) is 18.5 Å². The first-order valence-electron chi connectivity index (χ1n) is 5.00. The molecule has 5 heteroatoms. The highest BCUT2D eigenvalue weighted by Gasteiger charge is 2.01. The summed E-state index contributed by atoms with van der Waals surface area (Å²) in [7, 11) is 0. The number of nitrogens with zero attached hydrogens (tertiary/aromatic N) is 1. The van der Waals surface area contributed by atoms with Crippen molar-refractivity contribution in [3.63, 3.8) is 0 Å². The molecule has 0 radical (unpaired) electrons. The Morgan fingerprint density at radius 3 is 3.00 bits per heavy atom. The van der Waals surface area contributed by atoms with Gasteiger partial charge in [0.15, 0.2) is 0 Å². The van der Waals surface area contributed by atoms with E-state index < -0.39 is 0 Å². The number of nitrogens with two attached hydrogens (primary N) is 1. The lowest BCUT2D eigenvalue weighted by atomic mass is 10.3. The number of aromatic nitrogens is 2. The van der Waals surface area contributed by atoms with E-state index in [1.165, 1.54) is 4.57 Å². The predicted molar refractivity (Wildman–Crippen MR) is 60.9 cm³/mol. The average Bonchev–Trinajstić information content (AvgIpc) is 2.73. The third kappa shape index (κ3) is 2.14. The van der Waals surface area contributed by atoms with Crippen LogP contribution in [0.3, 0.4) is 0 Å². The molecule has 3 N–H and O–H groups in total. The molecule has 1 aromatic heterocycles. The summed E-state index contributed by atoms with van der Waals surface area (Å²) in [6.45, 7) is 0.930. The Morgan fingerprint density at radius 2 is 2.31 bits per heavy atom. The lowest BCUT2D eigenvalue weighted by Crippen LogP contribution is -2.14. The number of rotatable bonds is 4. The number of hydrogen-bond acceptors (Lipinski definition) is 3. The van der Waals surface area contributed by atoms with Crippen LogP contribution in [-0.4, -0.2) is 22.7 Å². The van der Waals surface area contributed by atoms with E-state index in [4.69, 9.17) is 10.5 Å². The van der Waals surface area contributed by atoms with Gasteiger partial charge in [-0.3, -0.25) is 4.57 Å². The van der Waals surface area contributed by atoms with Crippen LogP contribution in [0, 0.1) is 0 Å². The molecule has 0 spiro atoms. The van der Waals surface area contributed by atoms with Crippen molar-refractivity contribution in [2.45, 2.75) is 0 Å². The maximum absolute atomic E-state index is 11.4. The zero-order valence-electron chi connectivity index (χ0n) is 8.72. The fourth-order valence-electron chi connectivity index (χ4n) is 1.42. The van der Waals surface area contributed by atoms with Crippen molar-refractivity contribution in [1.82, 2.24) is 9.55 Å². The van der Waals surface area contributed by atoms with Crippen molar-refractivity contribution < 1.29 is 4.74 Å². The van der Waals surface area contributed by atoms with Gasteiger partial charge in [-0.15, -0.1) is 0 Å². The third-order valence-electron chi connectivity index (χ3n) is 2.13. The highest BCUT2D eigenvalue weighted by molar-refractivity contribution is 5.39. The van der Waals surface area contributed by atoms with Crippen LogP contribution in [0.4, 0.5) is 0 Å². The van der Waals surface area contributed by atoms with Crippen LogP contribution in [0.1, 0.15) is 0 Å². The summed E-state index contributed by atoms with van der Waals surface area (Å²) in [4.78, 5) is 14.0. The van der Waals surface area contributed by atoms with E-state index in [1.807, 2.05) is 18.2 Å². The molecule has 0 aliphatic rings. The largest absolute Gasteiger partial charge is 0.492 e. The summed E-state index contributed by atoms with van der Waals surface area (Å²) >= 11 is 0.